The first-order valence-corrected chi connectivity index (χ1v) is 3.77. The van der Waals surface area contributed by atoms with E-state index in [1.165, 1.54) is 0 Å². The summed E-state index contributed by atoms with van der Waals surface area (Å²) in [5.74, 6) is 0. The van der Waals surface area contributed by atoms with Crippen LogP contribution in [-0.2, 0) is 4.74 Å². The third kappa shape index (κ3) is 1.06. The minimum absolute atomic E-state index is 0.142. The highest BCUT2D eigenvalue weighted by molar-refractivity contribution is 9.09. The van der Waals surface area contributed by atoms with Gasteiger partial charge in [-0.3, -0.25) is 0 Å². The summed E-state index contributed by atoms with van der Waals surface area (Å²) in [6.07, 6.45) is 0.433. The van der Waals surface area contributed by atoms with Crippen molar-refractivity contribution in [2.75, 3.05) is 0 Å². The number of hydrogen-bond acceptors (Lipinski definition) is 1. The average Bonchev–Trinajstić information content (AvgIpc) is 2.13. The van der Waals surface area contributed by atoms with Gasteiger partial charge in [0, 0.05) is 4.83 Å². The van der Waals surface area contributed by atoms with Crippen LogP contribution in [0.15, 0.2) is 0 Å². The van der Waals surface area contributed by atoms with E-state index in [1.54, 1.807) is 0 Å². The molecule has 0 aliphatic carbocycles. The fourth-order valence-corrected chi connectivity index (χ4v) is 1.68. The number of rotatable bonds is 1. The largest absolute Gasteiger partial charge is 0.365 e. The van der Waals surface area contributed by atoms with Gasteiger partial charge in [-0.05, 0) is 13.8 Å². The first kappa shape index (κ1) is 6.56. The van der Waals surface area contributed by atoms with E-state index in [2.05, 4.69) is 36.7 Å². The minimum atomic E-state index is 0.142. The first-order chi connectivity index (χ1) is 3.54. The lowest BCUT2D eigenvalue weighted by molar-refractivity contribution is 0.324. The Hall–Kier alpha value is 0.440. The van der Waals surface area contributed by atoms with Crippen LogP contribution >= 0.6 is 15.9 Å². The van der Waals surface area contributed by atoms with Crippen molar-refractivity contribution >= 4 is 15.9 Å². The SMILES string of the molecule is CC(Br)C1OC1(C)C. The van der Waals surface area contributed by atoms with Crippen LogP contribution in [0.4, 0.5) is 0 Å². The van der Waals surface area contributed by atoms with Crippen LogP contribution in [-0.4, -0.2) is 16.5 Å². The Kier molecular flexibility index (Phi) is 1.40. The van der Waals surface area contributed by atoms with Crippen molar-refractivity contribution in [3.05, 3.63) is 0 Å². The van der Waals surface area contributed by atoms with Crippen molar-refractivity contribution in [3.63, 3.8) is 0 Å². The summed E-state index contributed by atoms with van der Waals surface area (Å²) >= 11 is 3.45. The molecule has 8 heavy (non-hydrogen) atoms. The molecule has 0 bridgehead atoms. The minimum Gasteiger partial charge on any atom is -0.365 e. The molecule has 2 heteroatoms. The highest BCUT2D eigenvalue weighted by Gasteiger charge is 2.50. The molecular formula is C6H11BrO. The van der Waals surface area contributed by atoms with E-state index in [9.17, 15) is 0 Å². The monoisotopic (exact) mass is 178 g/mol. The van der Waals surface area contributed by atoms with Crippen molar-refractivity contribution in [2.24, 2.45) is 0 Å². The van der Waals surface area contributed by atoms with Crippen molar-refractivity contribution in [3.8, 4) is 0 Å². The molecule has 0 aromatic rings. The third-order valence-corrected chi connectivity index (χ3v) is 1.96. The molecule has 1 fully saturated rings. The molecule has 2 atom stereocenters. The number of halogens is 1. The number of ether oxygens (including phenoxy) is 1. The second-order valence-electron chi connectivity index (χ2n) is 2.82. The summed E-state index contributed by atoms with van der Waals surface area (Å²) in [5.41, 5.74) is 0.142. The van der Waals surface area contributed by atoms with Gasteiger partial charge in [0.2, 0.25) is 0 Å². The fourth-order valence-electron chi connectivity index (χ4n) is 0.940. The summed E-state index contributed by atoms with van der Waals surface area (Å²) in [4.78, 5) is 0.498. The average molecular weight is 179 g/mol. The van der Waals surface area contributed by atoms with Crippen LogP contribution in [0.1, 0.15) is 20.8 Å². The summed E-state index contributed by atoms with van der Waals surface area (Å²) in [5, 5.41) is 0. The maximum absolute atomic E-state index is 5.32. The van der Waals surface area contributed by atoms with E-state index in [0.717, 1.165) is 0 Å². The summed E-state index contributed by atoms with van der Waals surface area (Å²) in [7, 11) is 0. The molecule has 1 nitrogen and oxygen atoms in total. The molecule has 1 aliphatic rings. The first-order valence-electron chi connectivity index (χ1n) is 2.86. The standard InChI is InChI=1S/C6H11BrO/c1-4(7)5-6(2,3)8-5/h4-5H,1-3H3. The van der Waals surface area contributed by atoms with Crippen molar-refractivity contribution in [1.29, 1.82) is 0 Å². The van der Waals surface area contributed by atoms with Gasteiger partial charge in [0.25, 0.3) is 0 Å². The van der Waals surface area contributed by atoms with Gasteiger partial charge in [-0.15, -0.1) is 0 Å². The maximum Gasteiger partial charge on any atom is 0.0989 e. The van der Waals surface area contributed by atoms with Crippen LogP contribution in [0.5, 0.6) is 0 Å². The quantitative estimate of drug-likeness (QED) is 0.442. The Balaban J connectivity index is 2.37. The molecule has 0 aromatic heterocycles. The van der Waals surface area contributed by atoms with Gasteiger partial charge in [-0.25, -0.2) is 0 Å². The Morgan fingerprint density at radius 3 is 2.00 bits per heavy atom. The molecule has 0 spiro atoms. The van der Waals surface area contributed by atoms with Gasteiger partial charge >= 0.3 is 0 Å². The number of hydrogen-bond donors (Lipinski definition) is 0. The smallest absolute Gasteiger partial charge is 0.0989 e. The summed E-state index contributed by atoms with van der Waals surface area (Å²) in [6.45, 7) is 6.32. The topological polar surface area (TPSA) is 12.5 Å². The lowest BCUT2D eigenvalue weighted by Gasteiger charge is -1.96. The fraction of sp³-hybridized carbons (Fsp3) is 1.00. The molecule has 0 N–H and O–H groups in total. The highest BCUT2D eigenvalue weighted by atomic mass is 79.9. The van der Waals surface area contributed by atoms with E-state index in [0.29, 0.717) is 10.9 Å². The molecule has 1 aliphatic heterocycles. The van der Waals surface area contributed by atoms with E-state index < -0.39 is 0 Å². The highest BCUT2D eigenvalue weighted by Crippen LogP contribution is 2.39. The van der Waals surface area contributed by atoms with E-state index >= 15 is 0 Å². The molecule has 48 valence electrons. The van der Waals surface area contributed by atoms with Crippen LogP contribution in [0, 0.1) is 0 Å². The molecule has 0 saturated carbocycles. The van der Waals surface area contributed by atoms with Gasteiger partial charge in [0.15, 0.2) is 0 Å². The lowest BCUT2D eigenvalue weighted by atomic mass is 10.1. The van der Waals surface area contributed by atoms with Crippen molar-refractivity contribution in [2.45, 2.75) is 37.3 Å². The number of alkyl halides is 1. The maximum atomic E-state index is 5.32. The van der Waals surface area contributed by atoms with Gasteiger partial charge in [0.1, 0.15) is 0 Å². The summed E-state index contributed by atoms with van der Waals surface area (Å²) < 4.78 is 5.32. The summed E-state index contributed by atoms with van der Waals surface area (Å²) in [6, 6.07) is 0. The Morgan fingerprint density at radius 2 is 2.00 bits per heavy atom. The Morgan fingerprint density at radius 1 is 1.62 bits per heavy atom. The molecule has 0 amide bonds. The number of epoxide rings is 1. The molecule has 1 saturated heterocycles. The van der Waals surface area contributed by atoms with Gasteiger partial charge in [-0.1, -0.05) is 22.9 Å². The lowest BCUT2D eigenvalue weighted by Crippen LogP contribution is -2.10. The van der Waals surface area contributed by atoms with Crippen LogP contribution < -0.4 is 0 Å². The van der Waals surface area contributed by atoms with Gasteiger partial charge < -0.3 is 4.74 Å². The van der Waals surface area contributed by atoms with Crippen LogP contribution in [0.25, 0.3) is 0 Å². The molecule has 2 unspecified atom stereocenters. The zero-order chi connectivity index (χ0) is 6.36. The normalized spacial score (nSPS) is 36.8. The van der Waals surface area contributed by atoms with Crippen LogP contribution in [0.2, 0.25) is 0 Å². The van der Waals surface area contributed by atoms with Crippen molar-refractivity contribution in [1.82, 2.24) is 0 Å². The van der Waals surface area contributed by atoms with Crippen molar-refractivity contribution < 1.29 is 4.74 Å². The molecule has 1 rings (SSSR count). The van der Waals surface area contributed by atoms with E-state index in [1.807, 2.05) is 0 Å². The molecule has 0 radical (unpaired) electrons. The molecule has 0 aromatic carbocycles. The van der Waals surface area contributed by atoms with Crippen LogP contribution in [0.3, 0.4) is 0 Å². The molecular weight excluding hydrogens is 168 g/mol. The molecule has 1 heterocycles. The zero-order valence-corrected chi connectivity index (χ0v) is 7.03. The van der Waals surface area contributed by atoms with Gasteiger partial charge in [-0.2, -0.15) is 0 Å². The Labute approximate surface area is 58.5 Å². The van der Waals surface area contributed by atoms with E-state index in [-0.39, 0.29) is 5.60 Å². The van der Waals surface area contributed by atoms with Gasteiger partial charge in [0.05, 0.1) is 11.7 Å². The second kappa shape index (κ2) is 1.71. The van der Waals surface area contributed by atoms with E-state index in [4.69, 9.17) is 4.74 Å². The second-order valence-corrected chi connectivity index (χ2v) is 4.26. The third-order valence-electron chi connectivity index (χ3n) is 1.48. The predicted octanol–water partition coefficient (Wildman–Crippen LogP) is 1.95. The predicted molar refractivity (Wildman–Crippen MR) is 37.3 cm³/mol. The zero-order valence-electron chi connectivity index (χ0n) is 5.44. The Bertz CT molecular complexity index is 98.7.